The molecule has 0 bridgehead atoms. The van der Waals surface area contributed by atoms with Gasteiger partial charge in [-0.25, -0.2) is 0 Å². The van der Waals surface area contributed by atoms with E-state index in [0.29, 0.717) is 35.0 Å². The second kappa shape index (κ2) is 9.92. The number of furan rings is 1. The fourth-order valence-electron chi connectivity index (χ4n) is 3.63. The van der Waals surface area contributed by atoms with Crippen molar-refractivity contribution in [1.29, 1.82) is 5.26 Å². The first-order valence-corrected chi connectivity index (χ1v) is 10.6. The number of carbonyl (C=O) groups excluding carboxylic acids is 2. The molecule has 2 amide bonds. The number of benzene rings is 2. The molecule has 0 saturated heterocycles. The molecule has 1 aromatic heterocycles. The third kappa shape index (κ3) is 4.62. The molecule has 4 rings (SSSR count). The molecule has 3 aromatic rings. The molecule has 0 unspecified atom stereocenters. The summed E-state index contributed by atoms with van der Waals surface area (Å²) < 4.78 is 16.7. The van der Waals surface area contributed by atoms with Gasteiger partial charge in [-0.1, -0.05) is 36.4 Å². The molecule has 2 aromatic carbocycles. The smallest absolute Gasteiger partial charge is 0.272 e. The molecule has 34 heavy (non-hydrogen) atoms. The molecule has 170 valence electrons. The summed E-state index contributed by atoms with van der Waals surface area (Å²) in [5.41, 5.74) is 2.19. The van der Waals surface area contributed by atoms with Crippen LogP contribution in [0, 0.1) is 11.3 Å². The Kier molecular flexibility index (Phi) is 6.60. The molecule has 0 spiro atoms. The van der Waals surface area contributed by atoms with Crippen LogP contribution in [0.3, 0.4) is 0 Å². The Bertz CT molecular complexity index is 1310. The summed E-state index contributed by atoms with van der Waals surface area (Å²) in [6.07, 6.45) is 3.10. The summed E-state index contributed by atoms with van der Waals surface area (Å²) in [6, 6.07) is 20.3. The topological polar surface area (TPSA) is 92.8 Å². The molecular weight excluding hydrogens is 432 g/mol. The van der Waals surface area contributed by atoms with Crippen molar-refractivity contribution in [1.82, 2.24) is 4.90 Å². The lowest BCUT2D eigenvalue weighted by Crippen LogP contribution is -2.42. The number of rotatable bonds is 7. The number of imide groups is 1. The zero-order valence-corrected chi connectivity index (χ0v) is 18.8. The number of carbonyl (C=O) groups is 2. The first-order valence-electron chi connectivity index (χ1n) is 10.6. The normalized spacial score (nSPS) is 15.0. The fraction of sp³-hybridized carbons (Fsp3) is 0.148. The highest BCUT2D eigenvalue weighted by atomic mass is 16.5. The maximum absolute atomic E-state index is 13.2. The summed E-state index contributed by atoms with van der Waals surface area (Å²) >= 11 is 0. The van der Waals surface area contributed by atoms with Crippen molar-refractivity contribution in [3.05, 3.63) is 101 Å². The number of ether oxygens (including phenoxy) is 2. The van der Waals surface area contributed by atoms with Crippen molar-refractivity contribution in [2.24, 2.45) is 0 Å². The minimum atomic E-state index is -0.638. The largest absolute Gasteiger partial charge is 0.493 e. The number of nitrogens with zero attached hydrogens (tertiary/aromatic N) is 2. The number of hydrogen-bond acceptors (Lipinski definition) is 6. The Labute approximate surface area is 197 Å². The van der Waals surface area contributed by atoms with Gasteiger partial charge in [-0.3, -0.25) is 14.5 Å². The average molecular weight is 454 g/mol. The minimum Gasteiger partial charge on any atom is -0.493 e. The van der Waals surface area contributed by atoms with Gasteiger partial charge in [0.2, 0.25) is 0 Å². The summed E-state index contributed by atoms with van der Waals surface area (Å²) in [6.45, 7) is 1.92. The Balaban J connectivity index is 1.64. The second-order valence-electron chi connectivity index (χ2n) is 7.63. The van der Waals surface area contributed by atoms with Crippen molar-refractivity contribution in [2.45, 2.75) is 20.1 Å². The molecule has 7 heteroatoms. The van der Waals surface area contributed by atoms with Gasteiger partial charge in [0.25, 0.3) is 11.8 Å². The van der Waals surface area contributed by atoms with Gasteiger partial charge in [-0.05, 0) is 54.0 Å². The molecule has 0 saturated carbocycles. The number of methoxy groups -OCH3 is 1. The van der Waals surface area contributed by atoms with Crippen LogP contribution in [0.25, 0.3) is 6.08 Å². The SMILES string of the molecule is COc1cc(/C=C2/C(=O)N(Cc3ccco3)C(=O)C(C#N)=C2C)ccc1OCc1ccccc1. The van der Waals surface area contributed by atoms with Gasteiger partial charge in [-0.2, -0.15) is 5.26 Å². The molecule has 0 atom stereocenters. The van der Waals surface area contributed by atoms with Crippen molar-refractivity contribution < 1.29 is 23.5 Å². The van der Waals surface area contributed by atoms with Gasteiger partial charge in [0, 0.05) is 5.57 Å². The van der Waals surface area contributed by atoms with Crippen LogP contribution in [-0.4, -0.2) is 23.8 Å². The zero-order chi connectivity index (χ0) is 24.1. The Morgan fingerprint density at radius 1 is 1.03 bits per heavy atom. The van der Waals surface area contributed by atoms with Gasteiger partial charge in [0.15, 0.2) is 11.5 Å². The van der Waals surface area contributed by atoms with E-state index in [1.807, 2.05) is 36.4 Å². The van der Waals surface area contributed by atoms with E-state index in [1.54, 1.807) is 43.3 Å². The van der Waals surface area contributed by atoms with Gasteiger partial charge in [-0.15, -0.1) is 0 Å². The summed E-state index contributed by atoms with van der Waals surface area (Å²) in [4.78, 5) is 27.0. The van der Waals surface area contributed by atoms with Crippen LogP contribution in [0.15, 0.2) is 88.1 Å². The van der Waals surface area contributed by atoms with E-state index in [9.17, 15) is 14.9 Å². The van der Waals surface area contributed by atoms with Crippen LogP contribution in [0.5, 0.6) is 11.5 Å². The molecular formula is C27H22N2O5. The third-order valence-electron chi connectivity index (χ3n) is 5.46. The Morgan fingerprint density at radius 2 is 1.82 bits per heavy atom. The standard InChI is InChI=1S/C27H22N2O5/c1-18-22(26(30)29(27(31)23(18)15-28)16-21-9-6-12-33-21)13-20-10-11-24(25(14-20)32-2)34-17-19-7-4-3-5-8-19/h3-14H,16-17H2,1-2H3/b22-13+. The van der Waals surface area contributed by atoms with E-state index >= 15 is 0 Å². The van der Waals surface area contributed by atoms with E-state index < -0.39 is 11.8 Å². The molecule has 1 aliphatic rings. The van der Waals surface area contributed by atoms with E-state index in [1.165, 1.54) is 13.4 Å². The lowest BCUT2D eigenvalue weighted by Gasteiger charge is -2.26. The molecule has 7 nitrogen and oxygen atoms in total. The second-order valence-corrected chi connectivity index (χ2v) is 7.63. The highest BCUT2D eigenvalue weighted by Gasteiger charge is 2.35. The Hall–Kier alpha value is -4.57. The van der Waals surface area contributed by atoms with E-state index in [4.69, 9.17) is 13.9 Å². The fourth-order valence-corrected chi connectivity index (χ4v) is 3.63. The van der Waals surface area contributed by atoms with E-state index in [2.05, 4.69) is 0 Å². The van der Waals surface area contributed by atoms with Crippen molar-refractivity contribution in [2.75, 3.05) is 7.11 Å². The third-order valence-corrected chi connectivity index (χ3v) is 5.46. The van der Waals surface area contributed by atoms with Gasteiger partial charge in [0.05, 0.1) is 19.9 Å². The van der Waals surface area contributed by atoms with Crippen LogP contribution >= 0.6 is 0 Å². The zero-order valence-electron chi connectivity index (χ0n) is 18.8. The summed E-state index contributed by atoms with van der Waals surface area (Å²) in [5, 5.41) is 9.56. The predicted molar refractivity (Wildman–Crippen MR) is 124 cm³/mol. The number of amides is 2. The number of hydrogen-bond donors (Lipinski definition) is 0. The summed E-state index contributed by atoms with van der Waals surface area (Å²) in [7, 11) is 1.54. The van der Waals surface area contributed by atoms with Gasteiger partial charge >= 0.3 is 0 Å². The van der Waals surface area contributed by atoms with Crippen molar-refractivity contribution in [3.8, 4) is 17.6 Å². The van der Waals surface area contributed by atoms with Crippen LogP contribution < -0.4 is 9.47 Å². The summed E-state index contributed by atoms with van der Waals surface area (Å²) in [5.74, 6) is 0.365. The van der Waals surface area contributed by atoms with Crippen LogP contribution in [0.2, 0.25) is 0 Å². The van der Waals surface area contributed by atoms with Gasteiger partial charge in [0.1, 0.15) is 24.0 Å². The first kappa shape index (κ1) is 22.6. The lowest BCUT2D eigenvalue weighted by molar-refractivity contribution is -0.141. The van der Waals surface area contributed by atoms with Crippen LogP contribution in [0.1, 0.15) is 23.8 Å². The highest BCUT2D eigenvalue weighted by Crippen LogP contribution is 2.32. The molecule has 0 N–H and O–H groups in total. The molecule has 0 fully saturated rings. The lowest BCUT2D eigenvalue weighted by atomic mass is 9.93. The molecule has 0 radical (unpaired) electrons. The average Bonchev–Trinajstić information content (AvgIpc) is 3.38. The monoisotopic (exact) mass is 454 g/mol. The molecule has 0 aliphatic carbocycles. The van der Waals surface area contributed by atoms with Crippen molar-refractivity contribution in [3.63, 3.8) is 0 Å². The maximum atomic E-state index is 13.2. The Morgan fingerprint density at radius 3 is 2.50 bits per heavy atom. The first-order chi connectivity index (χ1) is 16.5. The highest BCUT2D eigenvalue weighted by molar-refractivity contribution is 6.19. The molecule has 1 aliphatic heterocycles. The van der Waals surface area contributed by atoms with E-state index in [0.717, 1.165) is 10.5 Å². The van der Waals surface area contributed by atoms with Crippen LogP contribution in [0.4, 0.5) is 0 Å². The predicted octanol–water partition coefficient (Wildman–Crippen LogP) is 4.66. The van der Waals surface area contributed by atoms with Crippen LogP contribution in [-0.2, 0) is 22.7 Å². The van der Waals surface area contributed by atoms with Gasteiger partial charge < -0.3 is 13.9 Å². The molecule has 2 heterocycles. The van der Waals surface area contributed by atoms with Crippen molar-refractivity contribution >= 4 is 17.9 Å². The quantitative estimate of drug-likeness (QED) is 0.381. The number of nitriles is 1. The minimum absolute atomic E-state index is 0.0595. The van der Waals surface area contributed by atoms with E-state index in [-0.39, 0.29) is 17.7 Å². The maximum Gasteiger partial charge on any atom is 0.272 e.